The number of phenolic OH excluding ortho intramolecular Hbond substituents is 2. The zero-order valence-electron chi connectivity index (χ0n) is 19.7. The minimum absolute atomic E-state index is 0.0938. The summed E-state index contributed by atoms with van der Waals surface area (Å²) in [6.07, 6.45) is 23.7. The van der Waals surface area contributed by atoms with Gasteiger partial charge < -0.3 is 15.5 Å². The number of aromatic hydroxyl groups is 2. The predicted molar refractivity (Wildman–Crippen MR) is 131 cm³/mol. The molecule has 1 amide bonds. The van der Waals surface area contributed by atoms with Gasteiger partial charge in [0, 0.05) is 13.0 Å². The van der Waals surface area contributed by atoms with Crippen molar-refractivity contribution in [3.63, 3.8) is 0 Å². The summed E-state index contributed by atoms with van der Waals surface area (Å²) in [5, 5.41) is 21.7. The van der Waals surface area contributed by atoms with Gasteiger partial charge in [-0.3, -0.25) is 4.79 Å². The molecule has 4 heteroatoms. The fourth-order valence-electron chi connectivity index (χ4n) is 3.69. The molecular weight excluding hydrogens is 386 g/mol. The number of unbranched alkanes of at least 4 members (excludes halogenated alkanes) is 12. The van der Waals surface area contributed by atoms with Crippen LogP contribution in [-0.4, -0.2) is 22.7 Å². The van der Waals surface area contributed by atoms with Crippen molar-refractivity contribution in [1.29, 1.82) is 0 Å². The van der Waals surface area contributed by atoms with Crippen LogP contribution in [-0.2, 0) is 11.2 Å². The van der Waals surface area contributed by atoms with Gasteiger partial charge in [0.1, 0.15) is 0 Å². The molecule has 176 valence electrons. The molecular formula is C27H45NO3. The molecule has 0 saturated heterocycles. The topological polar surface area (TPSA) is 69.6 Å². The second-order valence-electron chi connectivity index (χ2n) is 8.61. The van der Waals surface area contributed by atoms with Gasteiger partial charge in [-0.15, -0.1) is 0 Å². The average molecular weight is 432 g/mol. The molecule has 3 N–H and O–H groups in total. The monoisotopic (exact) mass is 431 g/mol. The van der Waals surface area contributed by atoms with Gasteiger partial charge in [0.05, 0.1) is 0 Å². The van der Waals surface area contributed by atoms with E-state index in [9.17, 15) is 15.0 Å². The Labute approximate surface area is 190 Å². The standard InChI is InChI=1S/C27H45NO3/c1-2-3-4-5-6-7-8-9-10-11-12-13-14-15-16-17-18-27(31)28-22-21-24-19-20-25(29)26(30)23-24/h10-11,19-20,23,29-30H,2-9,12-18,21-22H2,1H3,(H,28,31)/b11-10-. The molecule has 4 nitrogen and oxygen atoms in total. The predicted octanol–water partition coefficient (Wildman–Crippen LogP) is 7.18. The highest BCUT2D eigenvalue weighted by atomic mass is 16.3. The highest BCUT2D eigenvalue weighted by Gasteiger charge is 2.03. The number of benzene rings is 1. The van der Waals surface area contributed by atoms with Crippen LogP contribution in [0.4, 0.5) is 0 Å². The van der Waals surface area contributed by atoms with Crippen LogP contribution in [0.5, 0.6) is 11.5 Å². The lowest BCUT2D eigenvalue weighted by atomic mass is 10.1. The lowest BCUT2D eigenvalue weighted by Gasteiger charge is -2.06. The molecule has 0 aliphatic rings. The van der Waals surface area contributed by atoms with Crippen molar-refractivity contribution in [2.24, 2.45) is 0 Å². The van der Waals surface area contributed by atoms with Gasteiger partial charge in [-0.2, -0.15) is 0 Å². The Morgan fingerprint density at radius 1 is 0.806 bits per heavy atom. The highest BCUT2D eigenvalue weighted by molar-refractivity contribution is 5.75. The molecule has 0 fully saturated rings. The minimum Gasteiger partial charge on any atom is -0.504 e. The summed E-state index contributed by atoms with van der Waals surface area (Å²) in [7, 11) is 0. The first-order valence-corrected chi connectivity index (χ1v) is 12.6. The molecule has 0 saturated carbocycles. The first-order chi connectivity index (χ1) is 15.1. The van der Waals surface area contributed by atoms with E-state index in [4.69, 9.17) is 0 Å². The molecule has 0 aliphatic heterocycles. The summed E-state index contributed by atoms with van der Waals surface area (Å²) < 4.78 is 0. The number of nitrogens with one attached hydrogen (secondary N) is 1. The van der Waals surface area contributed by atoms with Crippen molar-refractivity contribution >= 4 is 5.91 Å². The number of rotatable bonds is 19. The van der Waals surface area contributed by atoms with Crippen molar-refractivity contribution < 1.29 is 15.0 Å². The van der Waals surface area contributed by atoms with Crippen molar-refractivity contribution in [1.82, 2.24) is 5.32 Å². The first kappa shape index (κ1) is 27.1. The lowest BCUT2D eigenvalue weighted by molar-refractivity contribution is -0.121. The fraction of sp³-hybridized carbons (Fsp3) is 0.667. The summed E-state index contributed by atoms with van der Waals surface area (Å²) in [5.41, 5.74) is 0.895. The van der Waals surface area contributed by atoms with Crippen LogP contribution in [0, 0.1) is 0 Å². The van der Waals surface area contributed by atoms with Crippen LogP contribution in [0.15, 0.2) is 30.4 Å². The molecule has 0 atom stereocenters. The molecule has 31 heavy (non-hydrogen) atoms. The molecule has 1 rings (SSSR count). The number of carbonyl (C=O) groups is 1. The summed E-state index contributed by atoms with van der Waals surface area (Å²) >= 11 is 0. The molecule has 0 radical (unpaired) electrons. The van der Waals surface area contributed by atoms with Gasteiger partial charge in [0.25, 0.3) is 0 Å². The number of carbonyl (C=O) groups excluding carboxylic acids is 1. The van der Waals surface area contributed by atoms with Crippen LogP contribution in [0.3, 0.4) is 0 Å². The number of phenols is 2. The van der Waals surface area contributed by atoms with Crippen molar-refractivity contribution in [3.8, 4) is 11.5 Å². The number of allylic oxidation sites excluding steroid dienone is 2. The second kappa shape index (κ2) is 18.8. The zero-order chi connectivity index (χ0) is 22.6. The maximum Gasteiger partial charge on any atom is 0.220 e. The lowest BCUT2D eigenvalue weighted by Crippen LogP contribution is -2.25. The molecule has 0 heterocycles. The summed E-state index contributed by atoms with van der Waals surface area (Å²) in [6, 6.07) is 4.76. The smallest absolute Gasteiger partial charge is 0.220 e. The quantitative estimate of drug-likeness (QED) is 0.123. The van der Waals surface area contributed by atoms with E-state index in [-0.39, 0.29) is 17.4 Å². The first-order valence-electron chi connectivity index (χ1n) is 12.6. The van der Waals surface area contributed by atoms with Crippen molar-refractivity contribution in [3.05, 3.63) is 35.9 Å². The molecule has 0 bridgehead atoms. The highest BCUT2D eigenvalue weighted by Crippen LogP contribution is 2.24. The Hall–Kier alpha value is -1.97. The van der Waals surface area contributed by atoms with Gasteiger partial charge in [0.15, 0.2) is 11.5 Å². The largest absolute Gasteiger partial charge is 0.504 e. The molecule has 0 aliphatic carbocycles. The van der Waals surface area contributed by atoms with Gasteiger partial charge in [0.2, 0.25) is 5.91 Å². The van der Waals surface area contributed by atoms with Crippen LogP contribution < -0.4 is 5.32 Å². The number of hydrogen-bond acceptors (Lipinski definition) is 3. The van der Waals surface area contributed by atoms with Gasteiger partial charge in [-0.25, -0.2) is 0 Å². The summed E-state index contributed by atoms with van der Waals surface area (Å²) in [5.74, 6) is -0.143. The third-order valence-electron chi connectivity index (χ3n) is 5.69. The Morgan fingerprint density at radius 3 is 2.00 bits per heavy atom. The summed E-state index contributed by atoms with van der Waals surface area (Å²) in [4.78, 5) is 11.9. The fourth-order valence-corrected chi connectivity index (χ4v) is 3.69. The van der Waals surface area contributed by atoms with E-state index >= 15 is 0 Å². The molecule has 1 aromatic rings. The van der Waals surface area contributed by atoms with E-state index in [2.05, 4.69) is 24.4 Å². The third-order valence-corrected chi connectivity index (χ3v) is 5.69. The molecule has 1 aromatic carbocycles. The SMILES string of the molecule is CCCCCCCCC/C=C\CCCCCCCC(=O)NCCc1ccc(O)c(O)c1. The Kier molecular flexibility index (Phi) is 16.4. The van der Waals surface area contributed by atoms with E-state index in [0.717, 1.165) is 18.4 Å². The maximum absolute atomic E-state index is 11.9. The van der Waals surface area contributed by atoms with E-state index in [1.807, 2.05) is 0 Å². The van der Waals surface area contributed by atoms with Crippen molar-refractivity contribution in [2.75, 3.05) is 6.54 Å². The van der Waals surface area contributed by atoms with Crippen LogP contribution in [0.2, 0.25) is 0 Å². The second-order valence-corrected chi connectivity index (χ2v) is 8.61. The molecule has 0 unspecified atom stereocenters. The van der Waals surface area contributed by atoms with Gasteiger partial charge >= 0.3 is 0 Å². The third kappa shape index (κ3) is 15.5. The normalized spacial score (nSPS) is 11.3. The van der Waals surface area contributed by atoms with E-state index < -0.39 is 0 Å². The number of amides is 1. The zero-order valence-corrected chi connectivity index (χ0v) is 19.7. The maximum atomic E-state index is 11.9. The van der Waals surface area contributed by atoms with Crippen LogP contribution in [0.25, 0.3) is 0 Å². The van der Waals surface area contributed by atoms with Crippen molar-refractivity contribution in [2.45, 2.75) is 110 Å². The number of hydrogen-bond donors (Lipinski definition) is 3. The minimum atomic E-state index is -0.118. The summed E-state index contributed by atoms with van der Waals surface area (Å²) in [6.45, 7) is 2.82. The molecule has 0 spiro atoms. The van der Waals surface area contributed by atoms with E-state index in [1.54, 1.807) is 6.07 Å². The van der Waals surface area contributed by atoms with Crippen LogP contribution in [0.1, 0.15) is 109 Å². The Balaban J connectivity index is 1.86. The van der Waals surface area contributed by atoms with Gasteiger partial charge in [-0.05, 0) is 56.2 Å². The average Bonchev–Trinajstić information content (AvgIpc) is 2.76. The molecule has 0 aromatic heterocycles. The van der Waals surface area contributed by atoms with Gasteiger partial charge in [-0.1, -0.05) is 82.9 Å². The van der Waals surface area contributed by atoms with E-state index in [1.165, 1.54) is 89.2 Å². The Bertz CT molecular complexity index is 612. The van der Waals surface area contributed by atoms with E-state index in [0.29, 0.717) is 19.4 Å². The Morgan fingerprint density at radius 2 is 1.39 bits per heavy atom. The van der Waals surface area contributed by atoms with Crippen LogP contribution >= 0.6 is 0 Å².